The first-order valence-electron chi connectivity index (χ1n) is 17.3. The van der Waals surface area contributed by atoms with Gasteiger partial charge in [0.1, 0.15) is 13.4 Å². The molecule has 0 aliphatic rings. The van der Waals surface area contributed by atoms with Crippen LogP contribution in [0.5, 0.6) is 0 Å². The molecule has 0 aromatic heterocycles. The first-order valence-corrected chi connectivity index (χ1v) is 17.3. The maximum Gasteiger partial charge on any atom is 0.130 e. The zero-order valence-electron chi connectivity index (χ0n) is 37.9. The van der Waals surface area contributed by atoms with Crippen LogP contribution in [-0.2, 0) is 4.74 Å². The normalized spacial score (nSPS) is 4.68. The molecule has 0 rings (SSSR count). The number of ether oxygens (including phenoxy) is 1. The molecule has 0 aliphatic carbocycles. The fraction of sp³-hybridized carbons (Fsp3) is 1.00. The van der Waals surface area contributed by atoms with E-state index in [0.717, 1.165) is 13.4 Å². The minimum absolute atomic E-state index is 0. The second kappa shape index (κ2) is 442. The average molecular weight is 750 g/mol. The van der Waals surface area contributed by atoms with Crippen molar-refractivity contribution in [2.24, 2.45) is 0 Å². The zero-order valence-corrected chi connectivity index (χ0v) is 37.9. The van der Waals surface area contributed by atoms with Gasteiger partial charge in [-0.25, -0.2) is 0 Å². The fourth-order valence-corrected chi connectivity index (χ4v) is 0. The third-order valence-electron chi connectivity index (χ3n) is 0. The molecule has 0 bridgehead atoms. The Morgan fingerprint density at radius 1 is 0.240 bits per heavy atom. The lowest BCUT2D eigenvalue weighted by Crippen LogP contribution is -1.99. The van der Waals surface area contributed by atoms with Crippen LogP contribution in [0.4, 0.5) is 0 Å². The lowest BCUT2D eigenvalue weighted by molar-refractivity contribution is 0.277. The number of methoxy groups -OCH3 is 1. The van der Waals surface area contributed by atoms with Gasteiger partial charge >= 0.3 is 0 Å². The molecule has 344 valence electrons. The highest BCUT2D eigenvalue weighted by Crippen LogP contribution is 1.68. The molecular weight excluding hydrogens is 608 g/mol. The van der Waals surface area contributed by atoms with Crippen LogP contribution in [0.1, 0.15) is 191 Å². The van der Waals surface area contributed by atoms with Gasteiger partial charge in [0, 0.05) is 14.2 Å². The lowest BCUT2D eigenvalue weighted by Gasteiger charge is -1.90. The first-order chi connectivity index (χ1) is 19.1. The predicted octanol–water partition coefficient (Wildman–Crippen LogP) is 18.5. The molecule has 0 atom stereocenters. The molecule has 0 amide bonds. The second-order valence-corrected chi connectivity index (χ2v) is 7.90. The summed E-state index contributed by atoms with van der Waals surface area (Å²) >= 11 is 0. The van der Waals surface area contributed by atoms with Gasteiger partial charge in [0.25, 0.3) is 0 Å². The molecule has 0 aromatic carbocycles. The molecule has 0 fully saturated rings. The van der Waals surface area contributed by atoms with Crippen molar-refractivity contribution in [1.29, 1.82) is 0 Å². The number of hydrogen-bond donors (Lipinski definition) is 0. The molecule has 0 heterocycles. The van der Waals surface area contributed by atoms with Crippen molar-refractivity contribution in [3.05, 3.63) is 0 Å². The maximum absolute atomic E-state index is 4.25. The quantitative estimate of drug-likeness (QED) is 0.230. The van der Waals surface area contributed by atoms with Crippen LogP contribution in [0.3, 0.4) is 0 Å². The summed E-state index contributed by atoms with van der Waals surface area (Å²) in [5.41, 5.74) is 0. The Kier molecular flexibility index (Phi) is 1570. The van der Waals surface area contributed by atoms with Gasteiger partial charge in [-0.05, 0) is 63.4 Å². The predicted molar refractivity (Wildman–Crippen MR) is 281 cm³/mol. The molecule has 0 saturated carbocycles. The Morgan fingerprint density at radius 2 is 0.240 bits per heavy atom. The van der Waals surface area contributed by atoms with E-state index in [0.29, 0.717) is 0 Å². The van der Waals surface area contributed by atoms with E-state index in [1.807, 2.05) is 203 Å². The summed E-state index contributed by atoms with van der Waals surface area (Å²) in [5.74, 6) is 0. The molecule has 0 aliphatic heterocycles. The van der Waals surface area contributed by atoms with Gasteiger partial charge in [-0.3, -0.25) is 0 Å². The Balaban J connectivity index is -0.00000000657. The van der Waals surface area contributed by atoms with Gasteiger partial charge in [0.05, 0.1) is 0 Å². The van der Waals surface area contributed by atoms with E-state index in [4.69, 9.17) is 0 Å². The Labute approximate surface area is 342 Å². The number of hydrogen-bond acceptors (Lipinski definition) is 4. The average Bonchev–Trinajstić information content (AvgIpc) is 2.93. The highest BCUT2D eigenvalue weighted by molar-refractivity contribution is 6.54. The molecule has 4 nitrogen and oxygen atoms in total. The van der Waals surface area contributed by atoms with Crippen molar-refractivity contribution >= 4 is 13.4 Å². The van der Waals surface area contributed by atoms with Crippen LogP contribution in [0.2, 0.25) is 40.9 Å². The summed E-state index contributed by atoms with van der Waals surface area (Å²) < 4.78 is 4.25. The van der Waals surface area contributed by atoms with Crippen LogP contribution in [0.15, 0.2) is 0 Å². The zero-order chi connectivity index (χ0) is 38.6. The second-order valence-electron chi connectivity index (χ2n) is 7.90. The van der Waals surface area contributed by atoms with Crippen molar-refractivity contribution < 1.29 is 4.74 Å². The molecule has 0 N–H and O–H groups in total. The van der Waals surface area contributed by atoms with Crippen LogP contribution >= 0.6 is 0 Å². The molecule has 0 aromatic rings. The molecule has 0 unspecified atom stereocenters. The fourth-order valence-electron chi connectivity index (χ4n) is 0. The largest absolute Gasteiger partial charge is 0.388 e. The summed E-state index contributed by atoms with van der Waals surface area (Å²) in [6.45, 7) is 50.7. The van der Waals surface area contributed by atoms with Crippen molar-refractivity contribution in [2.75, 3.05) is 77.6 Å². The minimum atomic E-state index is 0. The monoisotopic (exact) mass is 750 g/mol. The summed E-state index contributed by atoms with van der Waals surface area (Å²) in [4.78, 5) is 6.00. The van der Waals surface area contributed by atoms with Crippen LogP contribution in [0, 0.1) is 0 Å². The highest BCUT2D eigenvalue weighted by atomic mass is 16.4. The van der Waals surface area contributed by atoms with E-state index < -0.39 is 0 Å². The Hall–Kier alpha value is -0.0301. The van der Waals surface area contributed by atoms with Crippen LogP contribution in [-0.4, -0.2) is 106 Å². The van der Waals surface area contributed by atoms with E-state index >= 15 is 0 Å². The van der Waals surface area contributed by atoms with E-state index in [1.54, 1.807) is 14.2 Å². The summed E-state index contributed by atoms with van der Waals surface area (Å²) in [6.07, 6.45) is 0. The highest BCUT2D eigenvalue weighted by Gasteiger charge is 1.76. The third-order valence-corrected chi connectivity index (χ3v) is 0. The molecule has 0 saturated heterocycles. The van der Waals surface area contributed by atoms with E-state index in [1.165, 1.54) is 0 Å². The molecule has 0 radical (unpaired) electrons. The van der Waals surface area contributed by atoms with Crippen molar-refractivity contribution in [2.45, 2.75) is 232 Å². The first kappa shape index (κ1) is 178. The maximum atomic E-state index is 4.25. The van der Waals surface area contributed by atoms with Crippen molar-refractivity contribution in [3.8, 4) is 0 Å². The van der Waals surface area contributed by atoms with Gasteiger partial charge < -0.3 is 19.4 Å². The summed E-state index contributed by atoms with van der Waals surface area (Å²) in [6, 6.07) is 0. The minimum Gasteiger partial charge on any atom is -0.388 e. The molecule has 6 heteroatoms. The van der Waals surface area contributed by atoms with Gasteiger partial charge in [0.2, 0.25) is 0 Å². The third kappa shape index (κ3) is 117000000. The topological polar surface area (TPSA) is 19.0 Å². The van der Waals surface area contributed by atoms with Crippen LogP contribution in [0.25, 0.3) is 0 Å². The molecule has 50 heavy (non-hydrogen) atoms. The summed E-state index contributed by atoms with van der Waals surface area (Å²) in [7, 11) is 21.2. The van der Waals surface area contributed by atoms with Crippen molar-refractivity contribution in [1.82, 2.24) is 14.7 Å². The van der Waals surface area contributed by atoms with E-state index in [-0.39, 0.29) is 66.8 Å². The van der Waals surface area contributed by atoms with E-state index in [2.05, 4.69) is 45.7 Å². The molecule has 0 spiro atoms. The van der Waals surface area contributed by atoms with E-state index in [9.17, 15) is 0 Å². The van der Waals surface area contributed by atoms with Gasteiger partial charge in [-0.15, -0.1) is 0 Å². The Morgan fingerprint density at radius 3 is 0.240 bits per heavy atom. The number of rotatable bonds is 0. The summed E-state index contributed by atoms with van der Waals surface area (Å²) in [5, 5.41) is 0. The van der Waals surface area contributed by atoms with Gasteiger partial charge in [-0.2, -0.15) is 0 Å². The lowest BCUT2D eigenvalue weighted by atomic mass is 9.58. The molecular formula is C44H141B2N3O. The standard InChI is InChI=1S/2C3H9B.3C3H9N.C2H6O.9C2H6.9CH4/c5*1-4(2)3;1-3-2;9*1-2;;;;;;;;;/h5*1-3H3;1-2H3;9*1-2H3;9*1H4. The van der Waals surface area contributed by atoms with Crippen molar-refractivity contribution in [3.63, 3.8) is 0 Å². The number of nitrogens with zero attached hydrogens (tertiary/aromatic N) is 3. The van der Waals surface area contributed by atoms with Gasteiger partial charge in [-0.1, -0.05) is 232 Å². The smallest absolute Gasteiger partial charge is 0.130 e. The Bertz CT molecular complexity index is 105. The van der Waals surface area contributed by atoms with Gasteiger partial charge in [0.15, 0.2) is 0 Å². The van der Waals surface area contributed by atoms with Crippen LogP contribution < -0.4 is 0 Å². The SMILES string of the molecule is C.C.C.C.C.C.C.C.C.CB(C)C.CB(C)C.CC.CC.CC.CC.CC.CC.CC.CC.CC.CN(C)C.CN(C)C.CN(C)C.COC.